The molecule has 2 aromatic carbocycles. The highest BCUT2D eigenvalue weighted by molar-refractivity contribution is 6.12. The highest BCUT2D eigenvalue weighted by Gasteiger charge is 2.25. The monoisotopic (exact) mass is 407 g/mol. The molecule has 6 heteroatoms. The standard InChI is InChI=1S/C24H25NO5/c1-6-28-21-14-16(7-12-20(21)29-15(2)26)13-19-23(27)30-22(25-19)17-8-10-18(11-9-17)24(3,4)5/h7-14H,6H2,1-5H3/b19-13-. The van der Waals surface area contributed by atoms with Crippen molar-refractivity contribution in [3.05, 3.63) is 64.9 Å². The van der Waals surface area contributed by atoms with E-state index in [0.29, 0.717) is 23.7 Å². The van der Waals surface area contributed by atoms with Crippen molar-refractivity contribution in [2.24, 2.45) is 4.99 Å². The van der Waals surface area contributed by atoms with Crippen LogP contribution in [-0.2, 0) is 19.7 Å². The van der Waals surface area contributed by atoms with E-state index in [2.05, 4.69) is 25.8 Å². The third-order valence-corrected chi connectivity index (χ3v) is 4.44. The van der Waals surface area contributed by atoms with Crippen LogP contribution >= 0.6 is 0 Å². The average molecular weight is 407 g/mol. The molecule has 0 saturated carbocycles. The van der Waals surface area contributed by atoms with Crippen molar-refractivity contribution in [1.82, 2.24) is 0 Å². The van der Waals surface area contributed by atoms with E-state index in [-0.39, 0.29) is 17.0 Å². The molecule has 6 nitrogen and oxygen atoms in total. The predicted molar refractivity (Wildman–Crippen MR) is 115 cm³/mol. The molecule has 0 aliphatic carbocycles. The minimum atomic E-state index is -0.521. The number of nitrogens with zero attached hydrogens (tertiary/aromatic N) is 1. The van der Waals surface area contributed by atoms with Crippen LogP contribution in [0.4, 0.5) is 0 Å². The summed E-state index contributed by atoms with van der Waals surface area (Å²) in [6, 6.07) is 12.8. The van der Waals surface area contributed by atoms with Gasteiger partial charge in [0.2, 0.25) is 5.90 Å². The lowest BCUT2D eigenvalue weighted by atomic mass is 9.87. The van der Waals surface area contributed by atoms with Crippen molar-refractivity contribution in [1.29, 1.82) is 0 Å². The Morgan fingerprint density at radius 2 is 1.80 bits per heavy atom. The van der Waals surface area contributed by atoms with E-state index in [9.17, 15) is 9.59 Å². The van der Waals surface area contributed by atoms with Crippen molar-refractivity contribution in [3.63, 3.8) is 0 Å². The first kappa shape index (κ1) is 21.3. The Balaban J connectivity index is 1.88. The molecule has 1 heterocycles. The van der Waals surface area contributed by atoms with Gasteiger partial charge < -0.3 is 14.2 Å². The first-order chi connectivity index (χ1) is 14.2. The zero-order chi connectivity index (χ0) is 21.9. The van der Waals surface area contributed by atoms with Crippen LogP contribution in [0.2, 0.25) is 0 Å². The summed E-state index contributed by atoms with van der Waals surface area (Å²) >= 11 is 0. The maximum Gasteiger partial charge on any atom is 0.363 e. The van der Waals surface area contributed by atoms with Crippen LogP contribution in [0, 0.1) is 0 Å². The number of benzene rings is 2. The lowest BCUT2D eigenvalue weighted by Crippen LogP contribution is -2.11. The molecule has 0 unspecified atom stereocenters. The molecule has 0 amide bonds. The quantitative estimate of drug-likeness (QED) is 0.410. The van der Waals surface area contributed by atoms with Crippen molar-refractivity contribution < 1.29 is 23.8 Å². The van der Waals surface area contributed by atoms with Gasteiger partial charge >= 0.3 is 11.9 Å². The van der Waals surface area contributed by atoms with E-state index in [1.807, 2.05) is 31.2 Å². The van der Waals surface area contributed by atoms with Crippen LogP contribution in [0.5, 0.6) is 11.5 Å². The summed E-state index contributed by atoms with van der Waals surface area (Å²) in [6.45, 7) is 9.98. The lowest BCUT2D eigenvalue weighted by Gasteiger charge is -2.18. The van der Waals surface area contributed by atoms with Crippen molar-refractivity contribution in [2.45, 2.75) is 40.0 Å². The number of ether oxygens (including phenoxy) is 3. The SMILES string of the molecule is CCOc1cc(/C=C2\N=C(c3ccc(C(C)(C)C)cc3)OC2=O)ccc1OC(C)=O. The highest BCUT2D eigenvalue weighted by Crippen LogP contribution is 2.30. The van der Waals surface area contributed by atoms with E-state index >= 15 is 0 Å². The molecule has 1 aliphatic rings. The van der Waals surface area contributed by atoms with Gasteiger partial charge in [0.15, 0.2) is 17.2 Å². The van der Waals surface area contributed by atoms with Gasteiger partial charge in [0.1, 0.15) is 0 Å². The van der Waals surface area contributed by atoms with Gasteiger partial charge in [-0.3, -0.25) is 4.79 Å². The number of rotatable bonds is 5. The predicted octanol–water partition coefficient (Wildman–Crippen LogP) is 4.65. The molecular weight excluding hydrogens is 382 g/mol. The van der Waals surface area contributed by atoms with Crippen LogP contribution in [-0.4, -0.2) is 24.4 Å². The number of cyclic esters (lactones) is 1. The van der Waals surface area contributed by atoms with E-state index in [1.54, 1.807) is 24.3 Å². The summed E-state index contributed by atoms with van der Waals surface area (Å²) in [6.07, 6.45) is 1.61. The van der Waals surface area contributed by atoms with Crippen LogP contribution in [0.25, 0.3) is 6.08 Å². The number of carbonyl (C=O) groups excluding carboxylic acids is 2. The fraction of sp³-hybridized carbons (Fsp3) is 0.292. The molecule has 0 spiro atoms. The second-order valence-corrected chi connectivity index (χ2v) is 7.90. The molecule has 2 aromatic rings. The zero-order valence-corrected chi connectivity index (χ0v) is 17.8. The molecule has 0 N–H and O–H groups in total. The largest absolute Gasteiger partial charge is 0.490 e. The van der Waals surface area contributed by atoms with Crippen LogP contribution in [0.15, 0.2) is 53.2 Å². The normalized spacial score (nSPS) is 15.0. The Hall–Kier alpha value is -3.41. The Labute approximate surface area is 176 Å². The summed E-state index contributed by atoms with van der Waals surface area (Å²) in [5.41, 5.74) is 2.82. The summed E-state index contributed by atoms with van der Waals surface area (Å²) < 4.78 is 16.0. The van der Waals surface area contributed by atoms with E-state index in [4.69, 9.17) is 14.2 Å². The molecule has 0 atom stereocenters. The van der Waals surface area contributed by atoms with Crippen LogP contribution in [0.3, 0.4) is 0 Å². The fourth-order valence-corrected chi connectivity index (χ4v) is 2.93. The van der Waals surface area contributed by atoms with Crippen molar-refractivity contribution >= 4 is 23.9 Å². The summed E-state index contributed by atoms with van der Waals surface area (Å²) in [7, 11) is 0. The van der Waals surface area contributed by atoms with Gasteiger partial charge in [-0.1, -0.05) is 39.0 Å². The Bertz CT molecular complexity index is 1030. The van der Waals surface area contributed by atoms with E-state index < -0.39 is 11.9 Å². The molecule has 3 rings (SSSR count). The number of esters is 2. The third-order valence-electron chi connectivity index (χ3n) is 4.44. The lowest BCUT2D eigenvalue weighted by molar-refractivity contribution is -0.132. The Morgan fingerprint density at radius 1 is 1.10 bits per heavy atom. The summed E-state index contributed by atoms with van der Waals surface area (Å²) in [5, 5.41) is 0. The van der Waals surface area contributed by atoms with Gasteiger partial charge in [0, 0.05) is 12.5 Å². The fourth-order valence-electron chi connectivity index (χ4n) is 2.93. The van der Waals surface area contributed by atoms with E-state index in [0.717, 1.165) is 5.56 Å². The van der Waals surface area contributed by atoms with Gasteiger partial charge in [-0.25, -0.2) is 9.79 Å². The number of hydrogen-bond donors (Lipinski definition) is 0. The second kappa shape index (κ2) is 8.53. The minimum absolute atomic E-state index is 0.0360. The molecule has 0 aromatic heterocycles. The molecule has 0 radical (unpaired) electrons. The zero-order valence-electron chi connectivity index (χ0n) is 17.8. The number of aliphatic imine (C=N–C) groups is 1. The number of hydrogen-bond acceptors (Lipinski definition) is 6. The molecule has 156 valence electrons. The Morgan fingerprint density at radius 3 is 2.40 bits per heavy atom. The van der Waals surface area contributed by atoms with Gasteiger partial charge in [-0.05, 0) is 53.8 Å². The highest BCUT2D eigenvalue weighted by atomic mass is 16.6. The maximum absolute atomic E-state index is 12.3. The summed E-state index contributed by atoms with van der Waals surface area (Å²) in [4.78, 5) is 27.9. The first-order valence-corrected chi connectivity index (χ1v) is 9.76. The molecule has 0 saturated heterocycles. The second-order valence-electron chi connectivity index (χ2n) is 7.90. The molecular formula is C24H25NO5. The summed E-state index contributed by atoms with van der Waals surface area (Å²) in [5.74, 6) is 0.0485. The van der Waals surface area contributed by atoms with E-state index in [1.165, 1.54) is 12.5 Å². The smallest absolute Gasteiger partial charge is 0.363 e. The minimum Gasteiger partial charge on any atom is -0.490 e. The van der Waals surface area contributed by atoms with Gasteiger partial charge in [0.05, 0.1) is 6.61 Å². The maximum atomic E-state index is 12.3. The molecule has 30 heavy (non-hydrogen) atoms. The van der Waals surface area contributed by atoms with Gasteiger partial charge in [-0.15, -0.1) is 0 Å². The molecule has 1 aliphatic heterocycles. The van der Waals surface area contributed by atoms with Crippen molar-refractivity contribution in [2.75, 3.05) is 6.61 Å². The van der Waals surface area contributed by atoms with Gasteiger partial charge in [-0.2, -0.15) is 0 Å². The molecule has 0 bridgehead atoms. The average Bonchev–Trinajstić information content (AvgIpc) is 3.03. The first-order valence-electron chi connectivity index (χ1n) is 9.76. The third kappa shape index (κ3) is 4.95. The Kier molecular flexibility index (Phi) is 6.06. The number of carbonyl (C=O) groups is 2. The van der Waals surface area contributed by atoms with Crippen LogP contribution < -0.4 is 9.47 Å². The molecule has 0 fully saturated rings. The topological polar surface area (TPSA) is 74.2 Å². The van der Waals surface area contributed by atoms with Crippen molar-refractivity contribution in [3.8, 4) is 11.5 Å². The van der Waals surface area contributed by atoms with Gasteiger partial charge in [0.25, 0.3) is 0 Å². The van der Waals surface area contributed by atoms with Crippen LogP contribution in [0.1, 0.15) is 51.3 Å².